The minimum Gasteiger partial charge on any atom is -0.378 e. The van der Waals surface area contributed by atoms with E-state index in [-0.39, 0.29) is 12.3 Å². The third kappa shape index (κ3) is 10.4. The Morgan fingerprint density at radius 2 is 1.55 bits per heavy atom. The van der Waals surface area contributed by atoms with Gasteiger partial charge in [0.2, 0.25) is 23.8 Å². The topological polar surface area (TPSA) is 148 Å². The molecule has 1 fully saturated rings. The monoisotopic (exact) mass is 548 g/mol. The van der Waals surface area contributed by atoms with Gasteiger partial charge in [0.05, 0.1) is 32.8 Å². The van der Waals surface area contributed by atoms with Gasteiger partial charge in [0.15, 0.2) is 0 Å². The van der Waals surface area contributed by atoms with Gasteiger partial charge in [-0.15, -0.1) is 0 Å². The molecule has 1 aliphatic rings. The molecule has 214 valence electrons. The summed E-state index contributed by atoms with van der Waals surface area (Å²) in [5.41, 5.74) is 8.35. The van der Waals surface area contributed by atoms with E-state index in [4.69, 9.17) is 15.2 Å². The van der Waals surface area contributed by atoms with Gasteiger partial charge < -0.3 is 36.5 Å². The lowest BCUT2D eigenvalue weighted by Crippen LogP contribution is -2.29. The molecule has 0 spiro atoms. The zero-order valence-electron chi connectivity index (χ0n) is 22.9. The van der Waals surface area contributed by atoms with Gasteiger partial charge in [0, 0.05) is 31.4 Å². The van der Waals surface area contributed by atoms with E-state index in [0.717, 1.165) is 30.5 Å². The van der Waals surface area contributed by atoms with Gasteiger partial charge in [-0.1, -0.05) is 42.5 Å². The summed E-state index contributed by atoms with van der Waals surface area (Å²) in [5.74, 6) is 1.48. The summed E-state index contributed by atoms with van der Waals surface area (Å²) >= 11 is 0. The van der Waals surface area contributed by atoms with Crippen LogP contribution in [-0.2, 0) is 27.1 Å². The molecule has 0 radical (unpaired) electrons. The SMILES string of the molecule is NCCOCCOCCNC(=O)Cc1ccc(Nc2nc(NCCc3ccccc3)nc(NC3CCC3)n2)cc1. The van der Waals surface area contributed by atoms with Crippen molar-refractivity contribution in [3.63, 3.8) is 0 Å². The highest BCUT2D eigenvalue weighted by Crippen LogP contribution is 2.23. The summed E-state index contributed by atoms with van der Waals surface area (Å²) < 4.78 is 10.7. The van der Waals surface area contributed by atoms with Crippen molar-refractivity contribution in [2.24, 2.45) is 5.73 Å². The number of nitrogens with two attached hydrogens (primary N) is 1. The maximum Gasteiger partial charge on any atom is 0.233 e. The second kappa shape index (κ2) is 16.3. The van der Waals surface area contributed by atoms with Crippen molar-refractivity contribution in [2.75, 3.05) is 62.0 Å². The summed E-state index contributed by atoms with van der Waals surface area (Å²) in [6.45, 7) is 3.60. The molecule has 0 aliphatic heterocycles. The summed E-state index contributed by atoms with van der Waals surface area (Å²) in [4.78, 5) is 26.0. The van der Waals surface area contributed by atoms with Gasteiger partial charge >= 0.3 is 0 Å². The number of aromatic nitrogens is 3. The Bertz CT molecular complexity index is 1160. The highest BCUT2D eigenvalue weighted by molar-refractivity contribution is 5.78. The number of hydrogen-bond donors (Lipinski definition) is 5. The number of nitrogens with zero attached hydrogens (tertiary/aromatic N) is 3. The molecule has 0 atom stereocenters. The Morgan fingerprint density at radius 3 is 2.27 bits per heavy atom. The number of anilines is 4. The summed E-state index contributed by atoms with van der Waals surface area (Å²) in [7, 11) is 0. The fourth-order valence-corrected chi connectivity index (χ4v) is 4.02. The molecule has 1 aliphatic carbocycles. The molecule has 0 unspecified atom stereocenters. The third-order valence-corrected chi connectivity index (χ3v) is 6.39. The summed E-state index contributed by atoms with van der Waals surface area (Å²) in [6, 6.07) is 18.4. The number of ether oxygens (including phenoxy) is 2. The Labute approximate surface area is 235 Å². The van der Waals surface area contributed by atoms with Crippen LogP contribution < -0.4 is 27.0 Å². The van der Waals surface area contributed by atoms with Crippen LogP contribution >= 0.6 is 0 Å². The number of benzene rings is 2. The van der Waals surface area contributed by atoms with Crippen LogP contribution in [-0.4, -0.2) is 73.0 Å². The molecule has 0 bridgehead atoms. The van der Waals surface area contributed by atoms with Gasteiger partial charge in [-0.25, -0.2) is 0 Å². The largest absolute Gasteiger partial charge is 0.378 e. The number of carbonyl (C=O) groups is 1. The minimum atomic E-state index is -0.0564. The quantitative estimate of drug-likeness (QED) is 0.150. The minimum absolute atomic E-state index is 0.0564. The lowest BCUT2D eigenvalue weighted by atomic mass is 9.93. The number of amides is 1. The maximum absolute atomic E-state index is 12.3. The molecule has 4 rings (SSSR count). The number of nitrogens with one attached hydrogen (secondary N) is 4. The first-order valence-corrected chi connectivity index (χ1v) is 14.0. The van der Waals surface area contributed by atoms with E-state index in [1.165, 1.54) is 12.0 Å². The molecule has 3 aromatic rings. The molecule has 1 aromatic heterocycles. The van der Waals surface area contributed by atoms with E-state index in [0.29, 0.717) is 69.9 Å². The summed E-state index contributed by atoms with van der Waals surface area (Å²) in [5, 5.41) is 12.9. The van der Waals surface area contributed by atoms with E-state index < -0.39 is 0 Å². The van der Waals surface area contributed by atoms with Crippen molar-refractivity contribution in [3.8, 4) is 0 Å². The molecule has 40 heavy (non-hydrogen) atoms. The van der Waals surface area contributed by atoms with Crippen molar-refractivity contribution in [1.82, 2.24) is 20.3 Å². The van der Waals surface area contributed by atoms with Crippen LogP contribution in [0.25, 0.3) is 0 Å². The van der Waals surface area contributed by atoms with Crippen LogP contribution in [0.3, 0.4) is 0 Å². The average Bonchev–Trinajstić information content (AvgIpc) is 2.94. The first-order chi connectivity index (χ1) is 19.7. The smallest absolute Gasteiger partial charge is 0.233 e. The molecule has 6 N–H and O–H groups in total. The second-order valence-electron chi connectivity index (χ2n) is 9.60. The second-order valence-corrected chi connectivity index (χ2v) is 9.60. The predicted molar refractivity (Wildman–Crippen MR) is 157 cm³/mol. The van der Waals surface area contributed by atoms with Crippen molar-refractivity contribution in [1.29, 1.82) is 0 Å². The molecular formula is C29H40N8O3. The van der Waals surface area contributed by atoms with Crippen LogP contribution in [0, 0.1) is 0 Å². The number of carbonyl (C=O) groups excluding carboxylic acids is 1. The highest BCUT2D eigenvalue weighted by atomic mass is 16.5. The van der Waals surface area contributed by atoms with Gasteiger partial charge in [0.1, 0.15) is 0 Å². The zero-order valence-corrected chi connectivity index (χ0v) is 22.9. The Morgan fingerprint density at radius 1 is 0.825 bits per heavy atom. The van der Waals surface area contributed by atoms with Crippen molar-refractivity contribution in [2.45, 2.75) is 38.1 Å². The van der Waals surface area contributed by atoms with Crippen LogP contribution in [0.5, 0.6) is 0 Å². The Balaban J connectivity index is 1.25. The predicted octanol–water partition coefficient (Wildman–Crippen LogP) is 2.88. The fourth-order valence-electron chi connectivity index (χ4n) is 4.02. The van der Waals surface area contributed by atoms with Crippen molar-refractivity contribution in [3.05, 3.63) is 65.7 Å². The van der Waals surface area contributed by atoms with E-state index in [1.807, 2.05) is 42.5 Å². The molecular weight excluding hydrogens is 508 g/mol. The van der Waals surface area contributed by atoms with Crippen LogP contribution in [0.15, 0.2) is 54.6 Å². The van der Waals surface area contributed by atoms with Crippen LogP contribution in [0.2, 0.25) is 0 Å². The van der Waals surface area contributed by atoms with Gasteiger partial charge in [0.25, 0.3) is 0 Å². The lowest BCUT2D eigenvalue weighted by Gasteiger charge is -2.26. The summed E-state index contributed by atoms with van der Waals surface area (Å²) in [6.07, 6.45) is 4.62. The van der Waals surface area contributed by atoms with Gasteiger partial charge in [-0.05, 0) is 48.9 Å². The number of rotatable bonds is 18. The van der Waals surface area contributed by atoms with E-state index >= 15 is 0 Å². The maximum atomic E-state index is 12.3. The zero-order chi connectivity index (χ0) is 27.8. The van der Waals surface area contributed by atoms with Gasteiger partial charge in [-0.3, -0.25) is 4.79 Å². The lowest BCUT2D eigenvalue weighted by molar-refractivity contribution is -0.120. The molecule has 2 aromatic carbocycles. The first-order valence-electron chi connectivity index (χ1n) is 14.0. The Hall–Kier alpha value is -3.80. The number of hydrogen-bond acceptors (Lipinski definition) is 10. The highest BCUT2D eigenvalue weighted by Gasteiger charge is 2.19. The molecule has 1 saturated carbocycles. The van der Waals surface area contributed by atoms with Crippen molar-refractivity contribution >= 4 is 29.4 Å². The van der Waals surface area contributed by atoms with E-state index in [2.05, 4.69) is 48.4 Å². The van der Waals surface area contributed by atoms with E-state index in [1.54, 1.807) is 0 Å². The van der Waals surface area contributed by atoms with Gasteiger partial charge in [-0.2, -0.15) is 15.0 Å². The molecule has 0 saturated heterocycles. The third-order valence-electron chi connectivity index (χ3n) is 6.39. The van der Waals surface area contributed by atoms with E-state index in [9.17, 15) is 4.79 Å². The van der Waals surface area contributed by atoms with Crippen LogP contribution in [0.1, 0.15) is 30.4 Å². The molecule has 1 amide bonds. The first kappa shape index (κ1) is 29.2. The molecule has 1 heterocycles. The average molecular weight is 549 g/mol. The fraction of sp³-hybridized carbons (Fsp3) is 0.448. The molecule has 11 nitrogen and oxygen atoms in total. The molecule has 11 heteroatoms. The standard InChI is InChI=1S/C29H40N8O3/c30-14-17-39-19-20-40-18-16-31-26(38)21-23-9-11-25(12-10-23)34-29-36-27(32-15-13-22-5-2-1-3-6-22)35-28(37-29)33-24-7-4-8-24/h1-3,5-6,9-12,24H,4,7-8,13-21,30H2,(H,31,38)(H3,32,33,34,35,36,37). The normalized spacial score (nSPS) is 12.9. The van der Waals surface area contributed by atoms with Crippen LogP contribution in [0.4, 0.5) is 23.5 Å². The van der Waals surface area contributed by atoms with Crippen molar-refractivity contribution < 1.29 is 14.3 Å². The Kier molecular flexibility index (Phi) is 11.9.